The van der Waals surface area contributed by atoms with Gasteiger partial charge in [0.1, 0.15) is 32.8 Å². The number of nitrogens with zero attached hydrogens (tertiary/aromatic N) is 4. The largest absolute Gasteiger partial charge is 0.438 e. The van der Waals surface area contributed by atoms with Gasteiger partial charge in [-0.2, -0.15) is 36.8 Å². The van der Waals surface area contributed by atoms with Gasteiger partial charge in [0.25, 0.3) is 20.2 Å². The quantitative estimate of drug-likeness (QED) is 0.0522. The van der Waals surface area contributed by atoms with Crippen molar-refractivity contribution in [3.8, 4) is 46.5 Å². The molecule has 0 saturated carbocycles. The molecule has 0 unspecified atom stereocenters. The number of aromatic nitrogens is 4. The van der Waals surface area contributed by atoms with Crippen LogP contribution in [0.5, 0.6) is 46.5 Å². The second kappa shape index (κ2) is 21.3. The number of ether oxygens (including phenoxy) is 4. The molecular weight excluding hydrogens is 1050 g/mol. The molecule has 0 aliphatic carbocycles. The molecule has 0 saturated heterocycles. The number of benzene rings is 10. The van der Waals surface area contributed by atoms with Gasteiger partial charge in [0.05, 0.1) is 12.1 Å². The summed E-state index contributed by atoms with van der Waals surface area (Å²) in [6.45, 7) is 0. The lowest BCUT2D eigenvalue weighted by Gasteiger charge is -2.14. The van der Waals surface area contributed by atoms with Crippen molar-refractivity contribution in [2.45, 2.75) is 9.79 Å². The molecule has 0 amide bonds. The maximum absolute atomic E-state index is 13.1. The van der Waals surface area contributed by atoms with Crippen molar-refractivity contribution in [1.82, 2.24) is 19.9 Å². The molecule has 0 atom stereocenters. The molecule has 0 aliphatic heterocycles. The van der Waals surface area contributed by atoms with Crippen molar-refractivity contribution in [3.63, 3.8) is 0 Å². The summed E-state index contributed by atoms with van der Waals surface area (Å²) in [6, 6.07) is 64.4. The Morgan fingerprint density at radius 2 is 0.613 bits per heavy atom. The lowest BCUT2D eigenvalue weighted by atomic mass is 10.1. The number of hydrogen-bond donors (Lipinski definition) is 4. The van der Waals surface area contributed by atoms with Gasteiger partial charge in [-0.25, -0.2) is 0 Å². The fourth-order valence-electron chi connectivity index (χ4n) is 9.10. The van der Waals surface area contributed by atoms with Crippen molar-refractivity contribution in [2.24, 2.45) is 0 Å². The Kier molecular flexibility index (Phi) is 13.5. The van der Waals surface area contributed by atoms with Crippen molar-refractivity contribution in [1.29, 1.82) is 0 Å². The minimum Gasteiger partial charge on any atom is -0.438 e. The Balaban J connectivity index is 0.847. The third-order valence-electron chi connectivity index (χ3n) is 12.8. The van der Waals surface area contributed by atoms with Gasteiger partial charge in [-0.3, -0.25) is 9.11 Å². The lowest BCUT2D eigenvalue weighted by Crippen LogP contribution is -2.05. The summed E-state index contributed by atoms with van der Waals surface area (Å²) in [5, 5.41) is 13.1. The topological polar surface area (TPSA) is 221 Å². The van der Waals surface area contributed by atoms with Gasteiger partial charge >= 0.3 is 0 Å². The first-order valence-corrected chi connectivity index (χ1v) is 27.6. The normalized spacial score (nSPS) is 11.8. The highest BCUT2D eigenvalue weighted by atomic mass is 32.2. The third kappa shape index (κ3) is 11.1. The van der Waals surface area contributed by atoms with Gasteiger partial charge in [-0.15, -0.1) is 0 Å². The van der Waals surface area contributed by atoms with Gasteiger partial charge in [-0.1, -0.05) is 170 Å². The molecule has 392 valence electrons. The smallest absolute Gasteiger partial charge is 0.295 e. The molecule has 18 heteroatoms. The Bertz CT molecular complexity index is 4140. The van der Waals surface area contributed by atoms with Crippen LogP contribution in [0.2, 0.25) is 0 Å². The number of nitrogens with one attached hydrogen (secondary N) is 2. The predicted octanol–water partition coefficient (Wildman–Crippen LogP) is 15.2. The highest BCUT2D eigenvalue weighted by molar-refractivity contribution is 7.86. The zero-order valence-corrected chi connectivity index (χ0v) is 43.3. The van der Waals surface area contributed by atoms with E-state index in [1.807, 2.05) is 146 Å². The summed E-state index contributed by atoms with van der Waals surface area (Å²) < 4.78 is 98.8. The highest BCUT2D eigenvalue weighted by Gasteiger charge is 2.21. The summed E-state index contributed by atoms with van der Waals surface area (Å²) >= 11 is 0. The molecule has 4 N–H and O–H groups in total. The van der Waals surface area contributed by atoms with E-state index in [0.717, 1.165) is 55.2 Å². The van der Waals surface area contributed by atoms with Crippen LogP contribution in [0.4, 0.5) is 23.3 Å². The van der Waals surface area contributed by atoms with Crippen molar-refractivity contribution < 1.29 is 44.9 Å². The van der Waals surface area contributed by atoms with Crippen molar-refractivity contribution in [3.05, 3.63) is 230 Å². The number of fused-ring (bicyclic) bond motifs is 4. The molecule has 0 bridgehead atoms. The SMILES string of the molecule is O=S(=O)(O)c1cc(Nc2nc(Oc3cccc4ccccc34)cc(Oc3cccc4ccccc34)n2)ccc1C=Cc1ccc(Nc2nc(Oc3cccc4ccccc34)cc(Oc3cccc4ccccc34)n2)cc1S(=O)(=O)O. The van der Waals surface area contributed by atoms with Gasteiger partial charge in [0.2, 0.25) is 35.4 Å². The van der Waals surface area contributed by atoms with E-state index in [2.05, 4.69) is 30.6 Å². The van der Waals surface area contributed by atoms with Gasteiger partial charge < -0.3 is 29.6 Å². The average molecular weight is 1100 g/mol. The first-order valence-electron chi connectivity index (χ1n) is 24.7. The van der Waals surface area contributed by atoms with Crippen LogP contribution >= 0.6 is 0 Å². The first kappa shape index (κ1) is 50.6. The molecule has 10 aromatic carbocycles. The van der Waals surface area contributed by atoms with Crippen LogP contribution in [0.1, 0.15) is 11.1 Å². The fourth-order valence-corrected chi connectivity index (χ4v) is 10.5. The first-order chi connectivity index (χ1) is 38.8. The van der Waals surface area contributed by atoms with E-state index in [9.17, 15) is 25.9 Å². The van der Waals surface area contributed by atoms with Crippen LogP contribution < -0.4 is 29.6 Å². The van der Waals surface area contributed by atoms with Crippen LogP contribution in [0, 0.1) is 0 Å². The van der Waals surface area contributed by atoms with E-state index in [1.165, 1.54) is 48.6 Å². The Labute approximate surface area is 457 Å². The maximum Gasteiger partial charge on any atom is 0.295 e. The number of hydrogen-bond acceptors (Lipinski definition) is 14. The molecule has 12 rings (SSSR count). The van der Waals surface area contributed by atoms with Crippen LogP contribution in [-0.2, 0) is 20.2 Å². The third-order valence-corrected chi connectivity index (χ3v) is 14.6. The van der Waals surface area contributed by atoms with Crippen molar-refractivity contribution >= 4 is 98.7 Å². The van der Waals surface area contributed by atoms with Gasteiger partial charge in [0, 0.05) is 32.9 Å². The molecular formula is C62H42N6O10S2. The number of rotatable bonds is 16. The van der Waals surface area contributed by atoms with Crippen LogP contribution in [-0.4, -0.2) is 45.9 Å². The van der Waals surface area contributed by atoms with Gasteiger partial charge in [0.15, 0.2) is 0 Å². The minimum absolute atomic E-state index is 0.0365. The van der Waals surface area contributed by atoms with Gasteiger partial charge in [-0.05, 0) is 81.2 Å². The standard InChI is InChI=1S/C62H42N6O10S2/c69-79(70,71)55-35-45(63-61-65-57(75-51-25-9-17-39-13-1-5-21-47(39)51)37-58(66-61)76-52-26-10-18-40-14-2-6-22-48(40)52)33-31-43(55)29-30-44-32-34-46(36-56(44)80(72,73)74)64-62-67-59(77-53-27-11-19-41-15-3-7-23-49(41)53)38-60(68-62)78-54-28-12-20-42-16-4-8-24-50(42)54/h1-38H,(H,63,65,66)(H,64,67,68)(H,69,70,71)(H,72,73,74). The highest BCUT2D eigenvalue weighted by Crippen LogP contribution is 2.38. The van der Waals surface area contributed by atoms with E-state index in [4.69, 9.17) is 18.9 Å². The predicted molar refractivity (Wildman–Crippen MR) is 308 cm³/mol. The molecule has 0 spiro atoms. The summed E-state index contributed by atoms with van der Waals surface area (Å²) in [7, 11) is -9.87. The van der Waals surface area contributed by atoms with Crippen LogP contribution in [0.15, 0.2) is 228 Å². The fraction of sp³-hybridized carbons (Fsp3) is 0. The second-order valence-corrected chi connectivity index (χ2v) is 20.9. The zero-order valence-electron chi connectivity index (χ0n) is 41.7. The maximum atomic E-state index is 13.1. The average Bonchev–Trinajstić information content (AvgIpc) is 3.45. The molecule has 0 fully saturated rings. The van der Waals surface area contributed by atoms with E-state index in [0.29, 0.717) is 23.0 Å². The minimum atomic E-state index is -4.93. The van der Waals surface area contributed by atoms with Crippen LogP contribution in [0.25, 0.3) is 55.2 Å². The Hall–Kier alpha value is -10.2. The molecule has 16 nitrogen and oxygen atoms in total. The van der Waals surface area contributed by atoms with E-state index in [-0.39, 0.29) is 57.9 Å². The van der Waals surface area contributed by atoms with Crippen LogP contribution in [0.3, 0.4) is 0 Å². The van der Waals surface area contributed by atoms with E-state index < -0.39 is 30.0 Å². The second-order valence-electron chi connectivity index (χ2n) is 18.1. The molecule has 0 radical (unpaired) electrons. The Morgan fingerprint density at radius 3 is 0.900 bits per heavy atom. The lowest BCUT2D eigenvalue weighted by molar-refractivity contribution is 0.439. The Morgan fingerprint density at radius 1 is 0.338 bits per heavy atom. The molecule has 12 aromatic rings. The van der Waals surface area contributed by atoms with Crippen molar-refractivity contribution in [2.75, 3.05) is 10.6 Å². The van der Waals surface area contributed by atoms with E-state index in [1.54, 1.807) is 24.3 Å². The molecule has 2 aromatic heterocycles. The zero-order chi connectivity index (χ0) is 54.8. The molecule has 0 aliphatic rings. The number of anilines is 4. The molecule has 2 heterocycles. The summed E-state index contributed by atoms with van der Waals surface area (Å²) in [6.07, 6.45) is 2.56. The monoisotopic (exact) mass is 1090 g/mol. The summed E-state index contributed by atoms with van der Waals surface area (Å²) in [5.41, 5.74) is 0.208. The molecule has 80 heavy (non-hydrogen) atoms. The van der Waals surface area contributed by atoms with E-state index >= 15 is 0 Å². The summed E-state index contributed by atoms with van der Waals surface area (Å²) in [5.74, 6) is 2.35. The summed E-state index contributed by atoms with van der Waals surface area (Å²) in [4.78, 5) is 17.3.